The number of aliphatic hydroxyl groups excluding tert-OH is 1. The summed E-state index contributed by atoms with van der Waals surface area (Å²) in [5, 5.41) is 9.95. The van der Waals surface area contributed by atoms with Crippen LogP contribution in [0.4, 0.5) is 8.78 Å². The molecule has 0 spiro atoms. The van der Waals surface area contributed by atoms with Crippen molar-refractivity contribution in [2.45, 2.75) is 51.0 Å². The van der Waals surface area contributed by atoms with Crippen molar-refractivity contribution in [2.24, 2.45) is 5.92 Å². The number of benzene rings is 1. The first-order chi connectivity index (χ1) is 8.68. The van der Waals surface area contributed by atoms with Crippen molar-refractivity contribution in [1.82, 2.24) is 0 Å². The molecule has 1 N–H and O–H groups in total. The molecule has 0 radical (unpaired) electrons. The summed E-state index contributed by atoms with van der Waals surface area (Å²) in [6.45, 7) is 0. The Kier molecular flexibility index (Phi) is 4.70. The zero-order chi connectivity index (χ0) is 13.0. The van der Waals surface area contributed by atoms with E-state index in [-0.39, 0.29) is 5.56 Å². The molecule has 1 saturated carbocycles. The van der Waals surface area contributed by atoms with Crippen molar-refractivity contribution >= 4 is 0 Å². The first kappa shape index (κ1) is 13.5. The van der Waals surface area contributed by atoms with E-state index in [1.165, 1.54) is 44.2 Å². The van der Waals surface area contributed by atoms with Gasteiger partial charge in [-0.15, -0.1) is 0 Å². The molecule has 0 amide bonds. The highest BCUT2D eigenvalue weighted by Gasteiger charge is 2.19. The molecule has 100 valence electrons. The third-order valence-corrected chi connectivity index (χ3v) is 3.91. The van der Waals surface area contributed by atoms with E-state index >= 15 is 0 Å². The normalized spacial score (nSPS) is 18.8. The SMILES string of the molecule is OC(CCC1CCCCC1)c1cccc(F)c1F. The zero-order valence-electron chi connectivity index (χ0n) is 10.5. The second-order valence-electron chi connectivity index (χ2n) is 5.24. The van der Waals surface area contributed by atoms with Crippen LogP contribution in [0.25, 0.3) is 0 Å². The van der Waals surface area contributed by atoms with Crippen LogP contribution in [0.15, 0.2) is 18.2 Å². The first-order valence-corrected chi connectivity index (χ1v) is 6.80. The lowest BCUT2D eigenvalue weighted by Crippen LogP contribution is -2.09. The van der Waals surface area contributed by atoms with Gasteiger partial charge in [0.05, 0.1) is 6.10 Å². The van der Waals surface area contributed by atoms with E-state index in [1.807, 2.05) is 0 Å². The van der Waals surface area contributed by atoms with Crippen molar-refractivity contribution in [1.29, 1.82) is 0 Å². The minimum atomic E-state index is -0.909. The molecule has 1 aliphatic carbocycles. The van der Waals surface area contributed by atoms with Gasteiger partial charge in [-0.25, -0.2) is 8.78 Å². The monoisotopic (exact) mass is 254 g/mol. The predicted molar refractivity (Wildman–Crippen MR) is 67.1 cm³/mol. The molecule has 2 rings (SSSR count). The summed E-state index contributed by atoms with van der Waals surface area (Å²) >= 11 is 0. The van der Waals surface area contributed by atoms with E-state index in [2.05, 4.69) is 0 Å². The molecule has 0 bridgehead atoms. The highest BCUT2D eigenvalue weighted by Crippen LogP contribution is 2.31. The third-order valence-electron chi connectivity index (χ3n) is 3.91. The van der Waals surface area contributed by atoms with Gasteiger partial charge in [0.25, 0.3) is 0 Å². The van der Waals surface area contributed by atoms with Gasteiger partial charge in [-0.05, 0) is 24.8 Å². The smallest absolute Gasteiger partial charge is 0.164 e. The summed E-state index contributed by atoms with van der Waals surface area (Å²) < 4.78 is 26.5. The molecule has 0 heterocycles. The maximum absolute atomic E-state index is 13.5. The molecule has 1 aromatic rings. The van der Waals surface area contributed by atoms with Crippen LogP contribution in [0, 0.1) is 17.6 Å². The van der Waals surface area contributed by atoms with Crippen LogP contribution in [-0.2, 0) is 0 Å². The lowest BCUT2D eigenvalue weighted by Gasteiger charge is -2.22. The van der Waals surface area contributed by atoms with Gasteiger partial charge < -0.3 is 5.11 Å². The van der Waals surface area contributed by atoms with E-state index in [4.69, 9.17) is 0 Å². The first-order valence-electron chi connectivity index (χ1n) is 6.80. The fraction of sp³-hybridized carbons (Fsp3) is 0.600. The quantitative estimate of drug-likeness (QED) is 0.846. The zero-order valence-corrected chi connectivity index (χ0v) is 10.5. The highest BCUT2D eigenvalue weighted by molar-refractivity contribution is 5.21. The maximum atomic E-state index is 13.5. The Morgan fingerprint density at radius 2 is 1.89 bits per heavy atom. The molecule has 1 aromatic carbocycles. The van der Waals surface area contributed by atoms with Crippen LogP contribution < -0.4 is 0 Å². The molecule has 1 atom stereocenters. The third kappa shape index (κ3) is 3.29. The Morgan fingerprint density at radius 3 is 2.61 bits per heavy atom. The molecule has 1 aliphatic rings. The summed E-state index contributed by atoms with van der Waals surface area (Å²) in [6, 6.07) is 3.98. The average Bonchev–Trinajstić information content (AvgIpc) is 2.40. The molecule has 0 saturated heterocycles. The Bertz CT molecular complexity index is 386. The minimum absolute atomic E-state index is 0.0887. The highest BCUT2D eigenvalue weighted by atomic mass is 19.2. The molecule has 1 fully saturated rings. The average molecular weight is 254 g/mol. The number of halogens is 2. The van der Waals surface area contributed by atoms with E-state index in [1.54, 1.807) is 0 Å². The van der Waals surface area contributed by atoms with Crippen LogP contribution in [0.3, 0.4) is 0 Å². The number of hydrogen-bond donors (Lipinski definition) is 1. The van der Waals surface area contributed by atoms with Gasteiger partial charge in [0.2, 0.25) is 0 Å². The van der Waals surface area contributed by atoms with Gasteiger partial charge in [0, 0.05) is 5.56 Å². The summed E-state index contributed by atoms with van der Waals surface area (Å²) in [5.41, 5.74) is 0.0887. The van der Waals surface area contributed by atoms with Crippen LogP contribution in [0.5, 0.6) is 0 Å². The molecule has 1 unspecified atom stereocenters. The fourth-order valence-corrected chi connectivity index (χ4v) is 2.80. The Hall–Kier alpha value is -0.960. The summed E-state index contributed by atoms with van der Waals surface area (Å²) in [4.78, 5) is 0. The Labute approximate surface area is 107 Å². The van der Waals surface area contributed by atoms with Crippen molar-refractivity contribution in [3.8, 4) is 0 Å². The van der Waals surface area contributed by atoms with Gasteiger partial charge in [-0.1, -0.05) is 44.2 Å². The Balaban J connectivity index is 1.90. The van der Waals surface area contributed by atoms with Crippen molar-refractivity contribution in [2.75, 3.05) is 0 Å². The number of aliphatic hydroxyl groups is 1. The van der Waals surface area contributed by atoms with E-state index in [0.29, 0.717) is 12.3 Å². The molecule has 0 aromatic heterocycles. The van der Waals surface area contributed by atoms with E-state index in [9.17, 15) is 13.9 Å². The lowest BCUT2D eigenvalue weighted by molar-refractivity contribution is 0.146. The lowest BCUT2D eigenvalue weighted by atomic mass is 9.85. The van der Waals surface area contributed by atoms with Crippen LogP contribution in [0.2, 0.25) is 0 Å². The topological polar surface area (TPSA) is 20.2 Å². The van der Waals surface area contributed by atoms with Gasteiger partial charge >= 0.3 is 0 Å². The maximum Gasteiger partial charge on any atom is 0.164 e. The molecule has 1 nitrogen and oxygen atoms in total. The van der Waals surface area contributed by atoms with Gasteiger partial charge in [-0.3, -0.25) is 0 Å². The van der Waals surface area contributed by atoms with Crippen molar-refractivity contribution < 1.29 is 13.9 Å². The summed E-state index contributed by atoms with van der Waals surface area (Å²) in [6.07, 6.45) is 6.77. The minimum Gasteiger partial charge on any atom is -0.388 e. The summed E-state index contributed by atoms with van der Waals surface area (Å²) in [7, 11) is 0. The van der Waals surface area contributed by atoms with E-state index < -0.39 is 17.7 Å². The molecule has 3 heteroatoms. The fourth-order valence-electron chi connectivity index (χ4n) is 2.80. The molecular formula is C15H20F2O. The summed E-state index contributed by atoms with van der Waals surface area (Å²) in [5.74, 6) is -1.15. The van der Waals surface area contributed by atoms with Crippen LogP contribution in [0.1, 0.15) is 56.6 Å². The number of rotatable bonds is 4. The predicted octanol–water partition coefficient (Wildman–Crippen LogP) is 4.36. The molecule has 18 heavy (non-hydrogen) atoms. The second kappa shape index (κ2) is 6.28. The van der Waals surface area contributed by atoms with Crippen molar-refractivity contribution in [3.05, 3.63) is 35.4 Å². The van der Waals surface area contributed by atoms with Crippen molar-refractivity contribution in [3.63, 3.8) is 0 Å². The number of hydrogen-bond acceptors (Lipinski definition) is 1. The molecule has 0 aliphatic heterocycles. The van der Waals surface area contributed by atoms with Crippen LogP contribution in [-0.4, -0.2) is 5.11 Å². The standard InChI is InChI=1S/C15H20F2O/c16-13-8-4-7-12(15(13)17)14(18)10-9-11-5-2-1-3-6-11/h4,7-8,11,14,18H,1-3,5-6,9-10H2. The molecular weight excluding hydrogens is 234 g/mol. The van der Waals surface area contributed by atoms with Gasteiger partial charge in [-0.2, -0.15) is 0 Å². The van der Waals surface area contributed by atoms with E-state index in [0.717, 1.165) is 12.5 Å². The van der Waals surface area contributed by atoms with Gasteiger partial charge in [0.15, 0.2) is 11.6 Å². The van der Waals surface area contributed by atoms with Gasteiger partial charge in [0.1, 0.15) is 0 Å². The largest absolute Gasteiger partial charge is 0.388 e. The Morgan fingerprint density at radius 1 is 1.17 bits per heavy atom. The second-order valence-corrected chi connectivity index (χ2v) is 5.24. The van der Waals surface area contributed by atoms with Crippen LogP contribution >= 0.6 is 0 Å².